The van der Waals surface area contributed by atoms with Gasteiger partial charge in [0.25, 0.3) is 0 Å². The van der Waals surface area contributed by atoms with E-state index in [1.165, 1.54) is 19.2 Å². The zero-order valence-electron chi connectivity index (χ0n) is 14.3. The summed E-state index contributed by atoms with van der Waals surface area (Å²) >= 11 is 0. The molecule has 1 aromatic rings. The van der Waals surface area contributed by atoms with Crippen LogP contribution in [0.4, 0.5) is 13.2 Å². The summed E-state index contributed by atoms with van der Waals surface area (Å²) in [7, 11) is 1.18. The van der Waals surface area contributed by atoms with Gasteiger partial charge in [-0.15, -0.1) is 0 Å². The summed E-state index contributed by atoms with van der Waals surface area (Å²) in [5, 5.41) is 2.52. The van der Waals surface area contributed by atoms with Crippen LogP contribution in [0.15, 0.2) is 24.3 Å². The number of halogens is 3. The fraction of sp³-hybridized carbons (Fsp3) is 0.500. The van der Waals surface area contributed by atoms with Crippen molar-refractivity contribution in [1.82, 2.24) is 5.32 Å². The third kappa shape index (κ3) is 5.31. The van der Waals surface area contributed by atoms with Gasteiger partial charge >= 0.3 is 12.1 Å². The molecule has 1 saturated carbocycles. The van der Waals surface area contributed by atoms with Crippen LogP contribution in [-0.4, -0.2) is 30.8 Å². The Morgan fingerprint density at radius 3 is 2.69 bits per heavy atom. The molecule has 1 fully saturated rings. The second kappa shape index (κ2) is 8.33. The largest absolute Gasteiger partial charge is 0.467 e. The fourth-order valence-corrected chi connectivity index (χ4v) is 3.11. The molecule has 0 bridgehead atoms. The van der Waals surface area contributed by atoms with Gasteiger partial charge in [-0.2, -0.15) is 13.2 Å². The minimum absolute atomic E-state index is 0.0160. The quantitative estimate of drug-likeness (QED) is 0.808. The average Bonchev–Trinajstić information content (AvgIpc) is 2.58. The Morgan fingerprint density at radius 1 is 1.35 bits per heavy atom. The van der Waals surface area contributed by atoms with Crippen LogP contribution in [-0.2, 0) is 31.7 Å². The molecule has 0 saturated heterocycles. The first-order valence-corrected chi connectivity index (χ1v) is 8.25. The summed E-state index contributed by atoms with van der Waals surface area (Å²) in [5.41, 5.74) is -0.661. The lowest BCUT2D eigenvalue weighted by Crippen LogP contribution is -2.48. The molecule has 0 heterocycles. The second-order valence-electron chi connectivity index (χ2n) is 6.34. The number of alkyl halides is 3. The SMILES string of the molecule is COC(=O)[C@@H](NC(=O)Cc1cccc(C(F)(F)F)c1)[C@H]1CCCC(=O)C1. The first-order chi connectivity index (χ1) is 12.2. The number of rotatable bonds is 5. The molecule has 1 amide bonds. The lowest BCUT2D eigenvalue weighted by Gasteiger charge is -2.28. The molecule has 8 heteroatoms. The summed E-state index contributed by atoms with van der Waals surface area (Å²) in [6.07, 6.45) is -2.97. The summed E-state index contributed by atoms with van der Waals surface area (Å²) in [6.45, 7) is 0. The number of hydrogen-bond donors (Lipinski definition) is 1. The van der Waals surface area contributed by atoms with Crippen molar-refractivity contribution in [2.45, 2.75) is 44.3 Å². The molecule has 2 rings (SSSR count). The van der Waals surface area contributed by atoms with Gasteiger partial charge in [0.15, 0.2) is 0 Å². The molecule has 1 N–H and O–H groups in total. The predicted octanol–water partition coefficient (Wildman–Crippen LogP) is 2.67. The third-order valence-electron chi connectivity index (χ3n) is 4.38. The van der Waals surface area contributed by atoms with Gasteiger partial charge in [-0.25, -0.2) is 4.79 Å². The zero-order chi connectivity index (χ0) is 19.3. The molecule has 0 aromatic heterocycles. The molecule has 1 aliphatic rings. The molecular weight excluding hydrogens is 351 g/mol. The van der Waals surface area contributed by atoms with Crippen molar-refractivity contribution in [2.75, 3.05) is 7.11 Å². The zero-order valence-corrected chi connectivity index (χ0v) is 14.3. The van der Waals surface area contributed by atoms with Gasteiger partial charge in [-0.05, 0) is 30.4 Å². The number of carbonyl (C=O) groups is 3. The first-order valence-electron chi connectivity index (χ1n) is 8.25. The lowest BCUT2D eigenvalue weighted by atomic mass is 9.83. The highest BCUT2D eigenvalue weighted by Crippen LogP contribution is 2.29. The Labute approximate surface area is 148 Å². The maximum atomic E-state index is 12.8. The second-order valence-corrected chi connectivity index (χ2v) is 6.34. The third-order valence-corrected chi connectivity index (χ3v) is 4.38. The van der Waals surface area contributed by atoms with E-state index in [1.807, 2.05) is 0 Å². The van der Waals surface area contributed by atoms with E-state index in [2.05, 4.69) is 5.32 Å². The van der Waals surface area contributed by atoms with Crippen molar-refractivity contribution >= 4 is 17.7 Å². The molecule has 2 atom stereocenters. The molecule has 0 aliphatic heterocycles. The number of Topliss-reactive ketones (excluding diaryl/α,β-unsaturated/α-hetero) is 1. The highest BCUT2D eigenvalue weighted by Gasteiger charge is 2.34. The van der Waals surface area contributed by atoms with Gasteiger partial charge in [0.1, 0.15) is 11.8 Å². The van der Waals surface area contributed by atoms with Crippen LogP contribution in [0.5, 0.6) is 0 Å². The molecule has 0 radical (unpaired) electrons. The Kier molecular flexibility index (Phi) is 6.39. The highest BCUT2D eigenvalue weighted by atomic mass is 19.4. The van der Waals surface area contributed by atoms with E-state index in [0.717, 1.165) is 12.1 Å². The molecule has 0 spiro atoms. The van der Waals surface area contributed by atoms with Crippen LogP contribution < -0.4 is 5.32 Å². The molecular formula is C18H20F3NO4. The van der Waals surface area contributed by atoms with Crippen molar-refractivity contribution < 1.29 is 32.3 Å². The van der Waals surface area contributed by atoms with Crippen molar-refractivity contribution in [3.63, 3.8) is 0 Å². The summed E-state index contributed by atoms with van der Waals surface area (Å²) in [4.78, 5) is 35.9. The van der Waals surface area contributed by atoms with Crippen LogP contribution in [0, 0.1) is 5.92 Å². The normalized spacial score (nSPS) is 18.9. The van der Waals surface area contributed by atoms with Crippen molar-refractivity contribution in [2.24, 2.45) is 5.92 Å². The van der Waals surface area contributed by atoms with Crippen molar-refractivity contribution in [3.05, 3.63) is 35.4 Å². The van der Waals surface area contributed by atoms with Crippen LogP contribution in [0.2, 0.25) is 0 Å². The molecule has 1 aliphatic carbocycles. The maximum absolute atomic E-state index is 12.8. The Bertz CT molecular complexity index is 687. The number of esters is 1. The van der Waals surface area contributed by atoms with Gasteiger partial charge in [-0.1, -0.05) is 18.2 Å². The van der Waals surface area contributed by atoms with Crippen LogP contribution >= 0.6 is 0 Å². The smallest absolute Gasteiger partial charge is 0.416 e. The Hall–Kier alpha value is -2.38. The standard InChI is InChI=1S/C18H20F3NO4/c1-26-17(25)16(12-5-3-7-14(23)10-12)22-15(24)9-11-4-2-6-13(8-11)18(19,20)21/h2,4,6,8,12,16H,3,5,7,9-10H2,1H3,(H,22,24)/t12-,16-/m0/s1. The van der Waals surface area contributed by atoms with Crippen LogP contribution in [0.3, 0.4) is 0 Å². The van der Waals surface area contributed by atoms with E-state index < -0.39 is 29.7 Å². The van der Waals surface area contributed by atoms with E-state index in [0.29, 0.717) is 19.3 Å². The molecule has 1 aromatic carbocycles. The highest BCUT2D eigenvalue weighted by molar-refractivity contribution is 5.87. The van der Waals surface area contributed by atoms with Gasteiger partial charge in [0.2, 0.25) is 5.91 Å². The van der Waals surface area contributed by atoms with Crippen LogP contribution in [0.25, 0.3) is 0 Å². The van der Waals surface area contributed by atoms with E-state index in [-0.39, 0.29) is 30.1 Å². The van der Waals surface area contributed by atoms with E-state index in [1.54, 1.807) is 0 Å². The number of benzene rings is 1. The van der Waals surface area contributed by atoms with E-state index >= 15 is 0 Å². The Balaban J connectivity index is 2.07. The maximum Gasteiger partial charge on any atom is 0.416 e. The monoisotopic (exact) mass is 371 g/mol. The van der Waals surface area contributed by atoms with Crippen molar-refractivity contribution in [3.8, 4) is 0 Å². The summed E-state index contributed by atoms with van der Waals surface area (Å²) in [6, 6.07) is 3.47. The van der Waals surface area contributed by atoms with E-state index in [9.17, 15) is 27.6 Å². The topological polar surface area (TPSA) is 72.5 Å². The number of ether oxygens (including phenoxy) is 1. The Morgan fingerprint density at radius 2 is 2.08 bits per heavy atom. The number of hydrogen-bond acceptors (Lipinski definition) is 4. The van der Waals surface area contributed by atoms with Gasteiger partial charge in [0.05, 0.1) is 19.1 Å². The molecule has 0 unspecified atom stereocenters. The summed E-state index contributed by atoms with van der Waals surface area (Å²) < 4.78 is 43.0. The number of nitrogens with one attached hydrogen (secondary N) is 1. The average molecular weight is 371 g/mol. The molecule has 5 nitrogen and oxygen atoms in total. The summed E-state index contributed by atoms with van der Waals surface area (Å²) in [5.74, 6) is -1.61. The predicted molar refractivity (Wildman–Crippen MR) is 86.1 cm³/mol. The minimum Gasteiger partial charge on any atom is -0.467 e. The lowest BCUT2D eigenvalue weighted by molar-refractivity contribution is -0.147. The fourth-order valence-electron chi connectivity index (χ4n) is 3.11. The molecule has 26 heavy (non-hydrogen) atoms. The van der Waals surface area contributed by atoms with Gasteiger partial charge in [0, 0.05) is 12.8 Å². The number of carbonyl (C=O) groups excluding carboxylic acids is 3. The van der Waals surface area contributed by atoms with Crippen molar-refractivity contribution in [1.29, 1.82) is 0 Å². The number of ketones is 1. The number of methoxy groups -OCH3 is 1. The van der Waals surface area contributed by atoms with Gasteiger partial charge < -0.3 is 10.1 Å². The minimum atomic E-state index is -4.50. The van der Waals surface area contributed by atoms with Gasteiger partial charge in [-0.3, -0.25) is 9.59 Å². The first kappa shape index (κ1) is 19.9. The molecule has 142 valence electrons. The van der Waals surface area contributed by atoms with Crippen LogP contribution in [0.1, 0.15) is 36.8 Å². The van der Waals surface area contributed by atoms with E-state index in [4.69, 9.17) is 4.74 Å². The number of amides is 1.